The maximum absolute atomic E-state index is 13.1. The first kappa shape index (κ1) is 17.7. The SMILES string of the molecule is Cc1cc(Br)c(Cl)cc1N1C(=O)[C@@H]2CC[C@H](c3ccccc3)C[C@H]2C1=O. The zero-order valence-electron chi connectivity index (χ0n) is 14.4. The average molecular weight is 433 g/mol. The Hall–Kier alpha value is -1.65. The van der Waals surface area contributed by atoms with E-state index >= 15 is 0 Å². The van der Waals surface area contributed by atoms with E-state index in [1.165, 1.54) is 10.5 Å². The smallest absolute Gasteiger partial charge is 0.237 e. The predicted molar refractivity (Wildman–Crippen MR) is 106 cm³/mol. The highest BCUT2D eigenvalue weighted by atomic mass is 79.9. The van der Waals surface area contributed by atoms with Gasteiger partial charge in [0.1, 0.15) is 0 Å². The number of halogens is 2. The largest absolute Gasteiger partial charge is 0.274 e. The lowest BCUT2D eigenvalue weighted by Crippen LogP contribution is -2.31. The molecule has 2 amide bonds. The van der Waals surface area contributed by atoms with Gasteiger partial charge in [-0.2, -0.15) is 0 Å². The van der Waals surface area contributed by atoms with Crippen LogP contribution in [0.3, 0.4) is 0 Å². The first-order chi connectivity index (χ1) is 12.5. The third kappa shape index (κ3) is 2.89. The van der Waals surface area contributed by atoms with Crippen LogP contribution in [0.4, 0.5) is 5.69 Å². The van der Waals surface area contributed by atoms with Gasteiger partial charge in [0.05, 0.1) is 22.5 Å². The molecule has 0 bridgehead atoms. The fraction of sp³-hybridized carbons (Fsp3) is 0.333. The molecule has 1 heterocycles. The zero-order chi connectivity index (χ0) is 18.4. The molecular formula is C21H19BrClNO2. The first-order valence-corrected chi connectivity index (χ1v) is 10.0. The monoisotopic (exact) mass is 431 g/mol. The van der Waals surface area contributed by atoms with Crippen LogP contribution in [-0.2, 0) is 9.59 Å². The van der Waals surface area contributed by atoms with Gasteiger partial charge in [-0.25, -0.2) is 4.90 Å². The van der Waals surface area contributed by atoms with Gasteiger partial charge in [0.15, 0.2) is 0 Å². The standard InChI is InChI=1S/C21H19BrClNO2/c1-12-9-17(22)18(23)11-19(12)24-20(25)15-8-7-14(10-16(15)21(24)26)13-5-3-2-4-6-13/h2-6,9,11,14-16H,7-8,10H2,1H3/t14-,15+,16+/m0/s1. The Kier molecular flexibility index (Phi) is 4.66. The molecule has 0 unspecified atom stereocenters. The molecule has 0 radical (unpaired) electrons. The zero-order valence-corrected chi connectivity index (χ0v) is 16.8. The van der Waals surface area contributed by atoms with Gasteiger partial charge >= 0.3 is 0 Å². The third-order valence-corrected chi connectivity index (χ3v) is 6.87. The second-order valence-electron chi connectivity index (χ2n) is 7.20. The molecule has 2 aromatic rings. The summed E-state index contributed by atoms with van der Waals surface area (Å²) in [6.07, 6.45) is 2.44. The van der Waals surface area contributed by atoms with Gasteiger partial charge in [-0.1, -0.05) is 41.9 Å². The van der Waals surface area contributed by atoms with E-state index in [2.05, 4.69) is 28.1 Å². The van der Waals surface area contributed by atoms with Crippen LogP contribution in [0.1, 0.15) is 36.3 Å². The summed E-state index contributed by atoms with van der Waals surface area (Å²) < 4.78 is 0.765. The number of rotatable bonds is 2. The lowest BCUT2D eigenvalue weighted by Gasteiger charge is -2.28. The average Bonchev–Trinajstić information content (AvgIpc) is 2.89. The van der Waals surface area contributed by atoms with Crippen molar-refractivity contribution in [3.05, 3.63) is 63.1 Å². The first-order valence-electron chi connectivity index (χ1n) is 8.85. The molecule has 134 valence electrons. The highest BCUT2D eigenvalue weighted by Crippen LogP contribution is 2.46. The minimum absolute atomic E-state index is 0.0759. The van der Waals surface area contributed by atoms with E-state index in [1.54, 1.807) is 6.07 Å². The minimum Gasteiger partial charge on any atom is -0.274 e. The van der Waals surface area contributed by atoms with Crippen molar-refractivity contribution < 1.29 is 9.59 Å². The molecule has 1 saturated carbocycles. The van der Waals surface area contributed by atoms with Crippen molar-refractivity contribution in [1.82, 2.24) is 0 Å². The summed E-state index contributed by atoms with van der Waals surface area (Å²) in [5.41, 5.74) is 2.73. The Morgan fingerprint density at radius 3 is 2.46 bits per heavy atom. The normalized spacial score (nSPS) is 25.5. The van der Waals surface area contributed by atoms with Crippen molar-refractivity contribution in [2.24, 2.45) is 11.8 Å². The Morgan fingerprint density at radius 2 is 1.73 bits per heavy atom. The Balaban J connectivity index is 1.65. The van der Waals surface area contributed by atoms with Crippen LogP contribution < -0.4 is 4.90 Å². The van der Waals surface area contributed by atoms with Crippen LogP contribution in [0.2, 0.25) is 5.02 Å². The fourth-order valence-electron chi connectivity index (χ4n) is 4.32. The van der Waals surface area contributed by atoms with Crippen LogP contribution in [0, 0.1) is 18.8 Å². The highest BCUT2D eigenvalue weighted by molar-refractivity contribution is 9.10. The van der Waals surface area contributed by atoms with E-state index in [-0.39, 0.29) is 23.7 Å². The van der Waals surface area contributed by atoms with E-state index in [0.29, 0.717) is 16.6 Å². The molecule has 1 aliphatic heterocycles. The number of aryl methyl sites for hydroxylation is 1. The topological polar surface area (TPSA) is 37.4 Å². The molecule has 2 aromatic carbocycles. The summed E-state index contributed by atoms with van der Waals surface area (Å²) in [6, 6.07) is 13.9. The number of carbonyl (C=O) groups excluding carboxylic acids is 2. The molecular weight excluding hydrogens is 414 g/mol. The van der Waals surface area contributed by atoms with Crippen molar-refractivity contribution in [2.75, 3.05) is 4.90 Å². The summed E-state index contributed by atoms with van der Waals surface area (Å²) in [4.78, 5) is 27.5. The highest BCUT2D eigenvalue weighted by Gasteiger charge is 2.51. The maximum atomic E-state index is 13.1. The van der Waals surface area contributed by atoms with Gasteiger partial charge in [-0.3, -0.25) is 9.59 Å². The number of benzene rings is 2. The van der Waals surface area contributed by atoms with E-state index in [4.69, 9.17) is 11.6 Å². The number of hydrogen-bond acceptors (Lipinski definition) is 2. The molecule has 26 heavy (non-hydrogen) atoms. The molecule has 0 aromatic heterocycles. The van der Waals surface area contributed by atoms with Crippen molar-refractivity contribution in [3.8, 4) is 0 Å². The van der Waals surface area contributed by atoms with Gasteiger partial charge in [-0.05, 0) is 71.3 Å². The van der Waals surface area contributed by atoms with Gasteiger partial charge < -0.3 is 0 Å². The quantitative estimate of drug-likeness (QED) is 0.589. The van der Waals surface area contributed by atoms with Crippen molar-refractivity contribution in [1.29, 1.82) is 0 Å². The Bertz CT molecular complexity index is 883. The molecule has 0 N–H and O–H groups in total. The van der Waals surface area contributed by atoms with Gasteiger partial charge in [0.25, 0.3) is 0 Å². The van der Waals surface area contributed by atoms with E-state index in [1.807, 2.05) is 31.2 Å². The third-order valence-electron chi connectivity index (χ3n) is 5.68. The second-order valence-corrected chi connectivity index (χ2v) is 8.46. The number of carbonyl (C=O) groups is 2. The van der Waals surface area contributed by atoms with Crippen molar-refractivity contribution in [3.63, 3.8) is 0 Å². The summed E-state index contributed by atoms with van der Waals surface area (Å²) in [6.45, 7) is 1.89. The van der Waals surface area contributed by atoms with Gasteiger partial charge in [0, 0.05) is 4.47 Å². The summed E-state index contributed by atoms with van der Waals surface area (Å²) >= 11 is 9.61. The molecule has 0 spiro atoms. The summed E-state index contributed by atoms with van der Waals surface area (Å²) in [7, 11) is 0. The lowest BCUT2D eigenvalue weighted by atomic mass is 9.73. The van der Waals surface area contributed by atoms with E-state index < -0.39 is 0 Å². The molecule has 2 fully saturated rings. The maximum Gasteiger partial charge on any atom is 0.237 e. The Labute approximate surface area is 166 Å². The molecule has 3 atom stereocenters. The van der Waals surface area contributed by atoms with Crippen LogP contribution in [0.15, 0.2) is 46.9 Å². The number of hydrogen-bond donors (Lipinski definition) is 0. The van der Waals surface area contributed by atoms with Gasteiger partial charge in [0.2, 0.25) is 11.8 Å². The lowest BCUT2D eigenvalue weighted by molar-refractivity contribution is -0.122. The molecule has 5 heteroatoms. The molecule has 4 rings (SSSR count). The molecule has 2 aliphatic rings. The number of anilines is 1. The van der Waals surface area contributed by atoms with Crippen molar-refractivity contribution >= 4 is 45.0 Å². The van der Waals surface area contributed by atoms with Gasteiger partial charge in [-0.15, -0.1) is 0 Å². The molecule has 3 nitrogen and oxygen atoms in total. The van der Waals surface area contributed by atoms with Crippen LogP contribution in [-0.4, -0.2) is 11.8 Å². The summed E-state index contributed by atoms with van der Waals surface area (Å²) in [5.74, 6) is -0.258. The second kappa shape index (κ2) is 6.82. The number of nitrogens with zero attached hydrogens (tertiary/aromatic N) is 1. The Morgan fingerprint density at radius 1 is 1.04 bits per heavy atom. The fourth-order valence-corrected chi connectivity index (χ4v) is 4.94. The summed E-state index contributed by atoms with van der Waals surface area (Å²) in [5, 5.41) is 0.503. The van der Waals surface area contributed by atoms with Crippen LogP contribution in [0.25, 0.3) is 0 Å². The minimum atomic E-state index is -0.233. The van der Waals surface area contributed by atoms with Crippen LogP contribution in [0.5, 0.6) is 0 Å². The number of imide groups is 1. The number of amides is 2. The molecule has 1 aliphatic carbocycles. The predicted octanol–water partition coefficient (Wildman–Crippen LogP) is 5.48. The molecule has 1 saturated heterocycles. The van der Waals surface area contributed by atoms with Crippen LogP contribution >= 0.6 is 27.5 Å². The van der Waals surface area contributed by atoms with Crippen molar-refractivity contribution in [2.45, 2.75) is 32.1 Å². The number of fused-ring (bicyclic) bond motifs is 1. The van der Waals surface area contributed by atoms with E-state index in [0.717, 1.165) is 29.3 Å². The van der Waals surface area contributed by atoms with E-state index in [9.17, 15) is 9.59 Å².